The molecule has 0 atom stereocenters. The zero-order chi connectivity index (χ0) is 15.2. The van der Waals surface area contributed by atoms with Crippen LogP contribution >= 0.6 is 15.9 Å². The molecular formula is C15H22BrN5. The fraction of sp³-hybridized carbons (Fsp3) is 0.467. The van der Waals surface area contributed by atoms with E-state index >= 15 is 0 Å². The van der Waals surface area contributed by atoms with Crippen LogP contribution in [-0.2, 0) is 6.54 Å². The predicted molar refractivity (Wildman–Crippen MR) is 90.5 cm³/mol. The average molecular weight is 352 g/mol. The maximum absolute atomic E-state index is 4.57. The van der Waals surface area contributed by atoms with Crippen molar-refractivity contribution in [3.63, 3.8) is 0 Å². The second-order valence-electron chi connectivity index (χ2n) is 5.38. The first kappa shape index (κ1) is 15.8. The molecule has 0 saturated heterocycles. The molecule has 0 aliphatic rings. The van der Waals surface area contributed by atoms with Gasteiger partial charge in [-0.25, -0.2) is 4.98 Å². The molecular weight excluding hydrogens is 330 g/mol. The highest BCUT2D eigenvalue weighted by molar-refractivity contribution is 9.10. The van der Waals surface area contributed by atoms with Crippen LogP contribution in [0.15, 0.2) is 34.0 Å². The summed E-state index contributed by atoms with van der Waals surface area (Å²) < 4.78 is 3.05. The molecule has 0 fully saturated rings. The Morgan fingerprint density at radius 3 is 2.86 bits per heavy atom. The van der Waals surface area contributed by atoms with Gasteiger partial charge in [-0.3, -0.25) is 4.99 Å². The third kappa shape index (κ3) is 4.74. The molecule has 2 N–H and O–H groups in total. The van der Waals surface area contributed by atoms with Crippen molar-refractivity contribution in [1.82, 2.24) is 20.0 Å². The topological polar surface area (TPSA) is 53.7 Å². The van der Waals surface area contributed by atoms with Crippen LogP contribution in [0.5, 0.6) is 0 Å². The normalized spacial score (nSPS) is 12.1. The number of hydrogen-bond donors (Lipinski definition) is 2. The third-order valence-corrected chi connectivity index (χ3v) is 3.61. The first-order valence-corrected chi connectivity index (χ1v) is 7.95. The van der Waals surface area contributed by atoms with Crippen molar-refractivity contribution in [1.29, 1.82) is 0 Å². The van der Waals surface area contributed by atoms with Gasteiger partial charge in [-0.1, -0.05) is 13.8 Å². The maximum atomic E-state index is 4.57. The standard InChI is InChI=1S/C15H22BrN5/c1-11(2)6-7-18-15(17-3)19-8-13-10-21-9-12(16)4-5-14(21)20-13/h4-5,9-11H,6-8H2,1-3H3,(H2,17,18,19). The molecule has 0 amide bonds. The molecule has 0 unspecified atom stereocenters. The van der Waals surface area contributed by atoms with E-state index in [0.29, 0.717) is 12.5 Å². The quantitative estimate of drug-likeness (QED) is 0.643. The number of rotatable bonds is 5. The van der Waals surface area contributed by atoms with Gasteiger partial charge in [0, 0.05) is 30.5 Å². The monoisotopic (exact) mass is 351 g/mol. The number of hydrogen-bond acceptors (Lipinski definition) is 2. The second kappa shape index (κ2) is 7.45. The fourth-order valence-corrected chi connectivity index (χ4v) is 2.33. The fourth-order valence-electron chi connectivity index (χ4n) is 1.98. The zero-order valence-corrected chi connectivity index (χ0v) is 14.3. The van der Waals surface area contributed by atoms with E-state index < -0.39 is 0 Å². The van der Waals surface area contributed by atoms with Crippen molar-refractivity contribution in [2.24, 2.45) is 10.9 Å². The van der Waals surface area contributed by atoms with Crippen LogP contribution in [0.2, 0.25) is 0 Å². The minimum absolute atomic E-state index is 0.653. The van der Waals surface area contributed by atoms with Gasteiger partial charge in [0.15, 0.2) is 5.96 Å². The number of pyridine rings is 1. The number of aromatic nitrogens is 2. The van der Waals surface area contributed by atoms with Crippen molar-refractivity contribution in [2.45, 2.75) is 26.8 Å². The van der Waals surface area contributed by atoms with Gasteiger partial charge in [-0.15, -0.1) is 0 Å². The summed E-state index contributed by atoms with van der Waals surface area (Å²) in [4.78, 5) is 8.79. The lowest BCUT2D eigenvalue weighted by molar-refractivity contribution is 0.573. The molecule has 0 spiro atoms. The van der Waals surface area contributed by atoms with Crippen LogP contribution in [-0.4, -0.2) is 28.9 Å². The van der Waals surface area contributed by atoms with Crippen molar-refractivity contribution < 1.29 is 0 Å². The Morgan fingerprint density at radius 2 is 2.14 bits per heavy atom. The lowest BCUT2D eigenvalue weighted by Crippen LogP contribution is -2.37. The molecule has 0 radical (unpaired) electrons. The van der Waals surface area contributed by atoms with Gasteiger partial charge in [-0.05, 0) is 40.4 Å². The number of fused-ring (bicyclic) bond motifs is 1. The van der Waals surface area contributed by atoms with Gasteiger partial charge in [-0.2, -0.15) is 0 Å². The van der Waals surface area contributed by atoms with E-state index in [9.17, 15) is 0 Å². The summed E-state index contributed by atoms with van der Waals surface area (Å²) in [5.41, 5.74) is 1.93. The van der Waals surface area contributed by atoms with Gasteiger partial charge in [0.05, 0.1) is 12.2 Å². The molecule has 2 rings (SSSR count). The number of nitrogens with one attached hydrogen (secondary N) is 2. The molecule has 2 heterocycles. The van der Waals surface area contributed by atoms with E-state index in [0.717, 1.165) is 34.7 Å². The molecule has 0 aliphatic heterocycles. The highest BCUT2D eigenvalue weighted by Crippen LogP contribution is 2.12. The lowest BCUT2D eigenvalue weighted by atomic mass is 10.1. The summed E-state index contributed by atoms with van der Waals surface area (Å²) in [5.74, 6) is 1.50. The Hall–Kier alpha value is -1.56. The van der Waals surface area contributed by atoms with E-state index in [4.69, 9.17) is 0 Å². The summed E-state index contributed by atoms with van der Waals surface area (Å²) in [6, 6.07) is 3.98. The molecule has 0 aromatic carbocycles. The number of guanidine groups is 1. The highest BCUT2D eigenvalue weighted by atomic mass is 79.9. The zero-order valence-electron chi connectivity index (χ0n) is 12.7. The van der Waals surface area contributed by atoms with Crippen LogP contribution in [0.1, 0.15) is 26.0 Å². The lowest BCUT2D eigenvalue weighted by Gasteiger charge is -2.11. The van der Waals surface area contributed by atoms with Gasteiger partial charge >= 0.3 is 0 Å². The van der Waals surface area contributed by atoms with Crippen molar-refractivity contribution in [2.75, 3.05) is 13.6 Å². The number of nitrogens with zero attached hydrogens (tertiary/aromatic N) is 3. The minimum Gasteiger partial charge on any atom is -0.356 e. The van der Waals surface area contributed by atoms with E-state index in [1.54, 1.807) is 7.05 Å². The Morgan fingerprint density at radius 1 is 1.33 bits per heavy atom. The summed E-state index contributed by atoms with van der Waals surface area (Å²) in [6.07, 6.45) is 5.15. The van der Waals surface area contributed by atoms with E-state index in [2.05, 4.69) is 50.4 Å². The summed E-state index contributed by atoms with van der Waals surface area (Å²) in [6.45, 7) is 6.01. The Labute approximate surface area is 134 Å². The highest BCUT2D eigenvalue weighted by Gasteiger charge is 2.04. The average Bonchev–Trinajstić information content (AvgIpc) is 2.84. The number of halogens is 1. The van der Waals surface area contributed by atoms with Crippen molar-refractivity contribution in [3.8, 4) is 0 Å². The third-order valence-electron chi connectivity index (χ3n) is 3.14. The van der Waals surface area contributed by atoms with E-state index in [1.807, 2.05) is 28.9 Å². The summed E-state index contributed by atoms with van der Waals surface area (Å²) in [7, 11) is 1.78. The van der Waals surface area contributed by atoms with Gasteiger partial charge in [0.1, 0.15) is 5.65 Å². The van der Waals surface area contributed by atoms with Gasteiger partial charge < -0.3 is 15.0 Å². The molecule has 21 heavy (non-hydrogen) atoms. The molecule has 0 saturated carbocycles. The van der Waals surface area contributed by atoms with E-state index in [1.165, 1.54) is 0 Å². The Bertz CT molecular complexity index is 618. The maximum Gasteiger partial charge on any atom is 0.191 e. The first-order valence-electron chi connectivity index (χ1n) is 7.16. The van der Waals surface area contributed by atoms with Gasteiger partial charge in [0.25, 0.3) is 0 Å². The molecule has 5 nitrogen and oxygen atoms in total. The van der Waals surface area contributed by atoms with E-state index in [-0.39, 0.29) is 0 Å². The van der Waals surface area contributed by atoms with Crippen molar-refractivity contribution >= 4 is 27.5 Å². The van der Waals surface area contributed by atoms with Crippen LogP contribution in [0, 0.1) is 5.92 Å². The van der Waals surface area contributed by atoms with Crippen LogP contribution in [0.4, 0.5) is 0 Å². The van der Waals surface area contributed by atoms with Gasteiger partial charge in [0.2, 0.25) is 0 Å². The Balaban J connectivity index is 1.90. The SMILES string of the molecule is CN=C(NCCC(C)C)NCc1cn2cc(Br)ccc2n1. The smallest absolute Gasteiger partial charge is 0.191 e. The Kier molecular flexibility index (Phi) is 5.61. The molecule has 2 aromatic rings. The first-order chi connectivity index (χ1) is 10.1. The molecule has 2 aromatic heterocycles. The predicted octanol–water partition coefficient (Wildman–Crippen LogP) is 2.81. The molecule has 0 aliphatic carbocycles. The molecule has 0 bridgehead atoms. The minimum atomic E-state index is 0.653. The number of aliphatic imine (C=N–C) groups is 1. The molecule has 114 valence electrons. The molecule has 6 heteroatoms. The second-order valence-corrected chi connectivity index (χ2v) is 6.30. The summed E-state index contributed by atoms with van der Waals surface area (Å²) in [5, 5.41) is 6.60. The van der Waals surface area contributed by atoms with Crippen LogP contribution in [0.25, 0.3) is 5.65 Å². The number of imidazole rings is 1. The van der Waals surface area contributed by atoms with Crippen LogP contribution in [0.3, 0.4) is 0 Å². The largest absolute Gasteiger partial charge is 0.356 e. The van der Waals surface area contributed by atoms with Crippen LogP contribution < -0.4 is 10.6 Å². The summed E-state index contributed by atoms with van der Waals surface area (Å²) >= 11 is 3.46. The van der Waals surface area contributed by atoms with Crippen molar-refractivity contribution in [3.05, 3.63) is 34.7 Å².